The lowest BCUT2D eigenvalue weighted by atomic mass is 10.4. The van der Waals surface area contributed by atoms with E-state index in [1.807, 2.05) is 0 Å². The van der Waals surface area contributed by atoms with Gasteiger partial charge < -0.3 is 5.32 Å². The third kappa shape index (κ3) is 2.82. The fourth-order valence-electron chi connectivity index (χ4n) is 1.87. The van der Waals surface area contributed by atoms with Gasteiger partial charge in [0.15, 0.2) is 5.65 Å². The minimum absolute atomic E-state index is 0.136. The second kappa shape index (κ2) is 5.86. The SMILES string of the molecule is O=c1n(CCNCc2cc(Br)cs2)nc2cnccn12. The summed E-state index contributed by atoms with van der Waals surface area (Å²) in [5, 5.41) is 9.57. The molecule has 0 saturated carbocycles. The summed E-state index contributed by atoms with van der Waals surface area (Å²) in [6, 6.07) is 2.08. The predicted octanol–water partition coefficient (Wildman–Crippen LogP) is 1.50. The average molecular weight is 354 g/mol. The molecule has 6 nitrogen and oxygen atoms in total. The highest BCUT2D eigenvalue weighted by Gasteiger charge is 2.05. The molecular weight excluding hydrogens is 342 g/mol. The molecule has 0 aliphatic rings. The Hall–Kier alpha value is -1.51. The molecule has 0 spiro atoms. The third-order valence-corrected chi connectivity index (χ3v) is 4.51. The lowest BCUT2D eigenvalue weighted by molar-refractivity contribution is 0.543. The number of hydrogen-bond acceptors (Lipinski definition) is 5. The quantitative estimate of drug-likeness (QED) is 0.706. The molecule has 0 fully saturated rings. The zero-order chi connectivity index (χ0) is 13.9. The molecule has 0 aliphatic heterocycles. The van der Waals surface area contributed by atoms with E-state index in [0.29, 0.717) is 18.7 Å². The molecular formula is C12H12BrN5OS. The van der Waals surface area contributed by atoms with Gasteiger partial charge in [0, 0.05) is 40.2 Å². The van der Waals surface area contributed by atoms with Gasteiger partial charge in [-0.05, 0) is 22.0 Å². The number of rotatable bonds is 5. The number of aromatic nitrogens is 4. The van der Waals surface area contributed by atoms with Crippen LogP contribution in [0.2, 0.25) is 0 Å². The zero-order valence-electron chi connectivity index (χ0n) is 10.5. The minimum atomic E-state index is -0.136. The van der Waals surface area contributed by atoms with Gasteiger partial charge in [0.2, 0.25) is 0 Å². The summed E-state index contributed by atoms with van der Waals surface area (Å²) in [6.07, 6.45) is 4.78. The van der Waals surface area contributed by atoms with E-state index in [-0.39, 0.29) is 5.69 Å². The highest BCUT2D eigenvalue weighted by Crippen LogP contribution is 2.19. The smallest absolute Gasteiger partial charge is 0.310 e. The van der Waals surface area contributed by atoms with Crippen molar-refractivity contribution in [2.45, 2.75) is 13.1 Å². The van der Waals surface area contributed by atoms with Crippen LogP contribution in [0.4, 0.5) is 0 Å². The lowest BCUT2D eigenvalue weighted by Gasteiger charge is -2.01. The zero-order valence-corrected chi connectivity index (χ0v) is 12.9. The van der Waals surface area contributed by atoms with E-state index >= 15 is 0 Å². The van der Waals surface area contributed by atoms with Crippen LogP contribution in [0.25, 0.3) is 5.65 Å². The molecule has 3 heterocycles. The Morgan fingerprint density at radius 3 is 3.10 bits per heavy atom. The number of nitrogens with one attached hydrogen (secondary N) is 1. The van der Waals surface area contributed by atoms with E-state index in [9.17, 15) is 4.79 Å². The lowest BCUT2D eigenvalue weighted by Crippen LogP contribution is -2.27. The highest BCUT2D eigenvalue weighted by molar-refractivity contribution is 9.10. The van der Waals surface area contributed by atoms with Gasteiger partial charge in [-0.1, -0.05) is 0 Å². The Labute approximate surface area is 127 Å². The van der Waals surface area contributed by atoms with Crippen LogP contribution >= 0.6 is 27.3 Å². The maximum Gasteiger partial charge on any atom is 0.350 e. The number of halogens is 1. The molecule has 0 amide bonds. The van der Waals surface area contributed by atoms with Crippen molar-refractivity contribution in [2.24, 2.45) is 0 Å². The van der Waals surface area contributed by atoms with E-state index in [1.54, 1.807) is 29.9 Å². The van der Waals surface area contributed by atoms with Gasteiger partial charge in [0.25, 0.3) is 0 Å². The Balaban J connectivity index is 1.60. The molecule has 0 aromatic carbocycles. The summed E-state index contributed by atoms with van der Waals surface area (Å²) in [5.74, 6) is 0. The van der Waals surface area contributed by atoms with Crippen LogP contribution in [0.1, 0.15) is 4.88 Å². The fourth-order valence-corrected chi connectivity index (χ4v) is 3.29. The largest absolute Gasteiger partial charge is 0.350 e. The molecule has 8 heteroatoms. The maximum atomic E-state index is 12.0. The van der Waals surface area contributed by atoms with E-state index < -0.39 is 0 Å². The number of thiophene rings is 1. The van der Waals surface area contributed by atoms with Gasteiger partial charge in [-0.3, -0.25) is 4.98 Å². The first-order valence-corrected chi connectivity index (χ1v) is 7.74. The molecule has 0 aliphatic carbocycles. The monoisotopic (exact) mass is 353 g/mol. The van der Waals surface area contributed by atoms with Crippen LogP contribution in [0.5, 0.6) is 0 Å². The molecule has 0 atom stereocenters. The maximum absolute atomic E-state index is 12.0. The molecule has 0 radical (unpaired) electrons. The van der Waals surface area contributed by atoms with E-state index in [1.165, 1.54) is 14.0 Å². The van der Waals surface area contributed by atoms with Gasteiger partial charge >= 0.3 is 5.69 Å². The van der Waals surface area contributed by atoms with Crippen molar-refractivity contribution in [2.75, 3.05) is 6.54 Å². The summed E-state index contributed by atoms with van der Waals surface area (Å²) in [5.41, 5.74) is 0.433. The molecule has 3 aromatic heterocycles. The van der Waals surface area contributed by atoms with Crippen LogP contribution in [0.15, 0.2) is 39.3 Å². The number of fused-ring (bicyclic) bond motifs is 1. The molecule has 104 valence electrons. The van der Waals surface area contributed by atoms with Gasteiger partial charge in [-0.15, -0.1) is 16.4 Å². The van der Waals surface area contributed by atoms with Gasteiger partial charge in [0.05, 0.1) is 12.7 Å². The third-order valence-electron chi connectivity index (χ3n) is 2.81. The first kappa shape index (κ1) is 13.5. The van der Waals surface area contributed by atoms with E-state index in [0.717, 1.165) is 11.0 Å². The van der Waals surface area contributed by atoms with Gasteiger partial charge in [-0.2, -0.15) is 0 Å². The van der Waals surface area contributed by atoms with Crippen molar-refractivity contribution < 1.29 is 0 Å². The average Bonchev–Trinajstić information content (AvgIpc) is 3.00. The summed E-state index contributed by atoms with van der Waals surface area (Å²) < 4.78 is 4.04. The second-order valence-electron chi connectivity index (χ2n) is 4.22. The summed E-state index contributed by atoms with van der Waals surface area (Å²) in [6.45, 7) is 2.01. The normalized spacial score (nSPS) is 11.2. The predicted molar refractivity (Wildman–Crippen MR) is 81.0 cm³/mol. The first-order chi connectivity index (χ1) is 9.74. The summed E-state index contributed by atoms with van der Waals surface area (Å²) in [4.78, 5) is 17.2. The number of hydrogen-bond donors (Lipinski definition) is 1. The molecule has 20 heavy (non-hydrogen) atoms. The van der Waals surface area contributed by atoms with Crippen LogP contribution in [0.3, 0.4) is 0 Å². The topological polar surface area (TPSA) is 64.2 Å². The van der Waals surface area contributed by atoms with Crippen LogP contribution in [-0.4, -0.2) is 25.7 Å². The molecule has 3 rings (SSSR count). The van der Waals surface area contributed by atoms with Crippen LogP contribution in [-0.2, 0) is 13.1 Å². The van der Waals surface area contributed by atoms with Gasteiger partial charge in [-0.25, -0.2) is 13.9 Å². The molecule has 1 N–H and O–H groups in total. The molecule has 0 saturated heterocycles. The Bertz CT molecular complexity index is 777. The van der Waals surface area contributed by atoms with Crippen LogP contribution < -0.4 is 11.0 Å². The van der Waals surface area contributed by atoms with Crippen molar-refractivity contribution in [3.8, 4) is 0 Å². The molecule has 0 unspecified atom stereocenters. The van der Waals surface area contributed by atoms with Crippen molar-refractivity contribution in [3.05, 3.63) is 49.9 Å². The number of nitrogens with zero attached hydrogens (tertiary/aromatic N) is 4. The second-order valence-corrected chi connectivity index (χ2v) is 6.13. The van der Waals surface area contributed by atoms with Crippen LogP contribution in [0, 0.1) is 0 Å². The Morgan fingerprint density at radius 1 is 1.45 bits per heavy atom. The fraction of sp³-hybridized carbons (Fsp3) is 0.250. The standard InChI is InChI=1S/C12H12BrN5OS/c13-9-5-10(20-8-9)6-14-2-4-18-12(19)17-3-1-15-7-11(17)16-18/h1,3,5,7-8,14H,2,4,6H2. The molecule has 0 bridgehead atoms. The van der Waals surface area contributed by atoms with E-state index in [2.05, 4.69) is 42.8 Å². The molecule has 3 aromatic rings. The summed E-state index contributed by atoms with van der Waals surface area (Å²) in [7, 11) is 0. The summed E-state index contributed by atoms with van der Waals surface area (Å²) >= 11 is 5.12. The Morgan fingerprint density at radius 2 is 2.35 bits per heavy atom. The van der Waals surface area contributed by atoms with Crippen molar-refractivity contribution in [1.82, 2.24) is 24.5 Å². The van der Waals surface area contributed by atoms with E-state index in [4.69, 9.17) is 0 Å². The first-order valence-electron chi connectivity index (χ1n) is 6.07. The van der Waals surface area contributed by atoms with Gasteiger partial charge in [0.1, 0.15) is 0 Å². The van der Waals surface area contributed by atoms with Crippen molar-refractivity contribution in [3.63, 3.8) is 0 Å². The van der Waals surface area contributed by atoms with Crippen molar-refractivity contribution >= 4 is 32.9 Å². The highest BCUT2D eigenvalue weighted by atomic mass is 79.9. The minimum Gasteiger partial charge on any atom is -0.310 e. The van der Waals surface area contributed by atoms with Crippen molar-refractivity contribution in [1.29, 1.82) is 0 Å². The Kier molecular flexibility index (Phi) is 3.95.